The first-order chi connectivity index (χ1) is 12.8. The first-order valence-electron chi connectivity index (χ1n) is 8.25. The zero-order valence-corrected chi connectivity index (χ0v) is 13.9. The second-order valence-electron chi connectivity index (χ2n) is 5.89. The third kappa shape index (κ3) is 2.90. The first-order valence-corrected chi connectivity index (χ1v) is 8.25. The number of piperazine rings is 1. The molecule has 1 aromatic carbocycles. The van der Waals surface area contributed by atoms with Crippen LogP contribution in [0, 0.1) is 5.82 Å². The zero-order chi connectivity index (χ0) is 17.9. The number of hydrogen-bond acceptors (Lipinski definition) is 5. The van der Waals surface area contributed by atoms with Crippen LogP contribution < -0.4 is 10.3 Å². The van der Waals surface area contributed by atoms with Crippen molar-refractivity contribution in [1.29, 1.82) is 0 Å². The maximum absolute atomic E-state index is 13.4. The van der Waals surface area contributed by atoms with Crippen LogP contribution in [0.15, 0.2) is 60.7 Å². The van der Waals surface area contributed by atoms with Gasteiger partial charge < -0.3 is 5.32 Å². The topological polar surface area (TPSA) is 63.1 Å². The van der Waals surface area contributed by atoms with E-state index in [1.807, 2.05) is 18.1 Å². The lowest BCUT2D eigenvalue weighted by molar-refractivity contribution is 0.507. The van der Waals surface area contributed by atoms with Crippen molar-refractivity contribution in [3.63, 3.8) is 0 Å². The molecular weight excluding hydrogens is 333 g/mol. The summed E-state index contributed by atoms with van der Waals surface area (Å²) in [7, 11) is 0. The maximum atomic E-state index is 13.4. The Morgan fingerprint density at radius 2 is 1.85 bits per heavy atom. The van der Waals surface area contributed by atoms with Crippen molar-refractivity contribution in [3.8, 4) is 22.4 Å². The molecule has 3 heterocycles. The highest BCUT2D eigenvalue weighted by molar-refractivity contribution is 5.81. The summed E-state index contributed by atoms with van der Waals surface area (Å²) in [6.07, 6.45) is 5.17. The minimum Gasteiger partial charge on any atom is -0.309 e. The Morgan fingerprint density at radius 1 is 1.08 bits per heavy atom. The lowest BCUT2D eigenvalue weighted by Gasteiger charge is -2.30. The number of nitrogens with zero attached hydrogens (tertiary/aromatic N) is 4. The van der Waals surface area contributed by atoms with E-state index in [4.69, 9.17) is 0 Å². The van der Waals surface area contributed by atoms with Crippen LogP contribution >= 0.6 is 0 Å². The molecule has 7 heteroatoms. The van der Waals surface area contributed by atoms with Crippen molar-refractivity contribution < 1.29 is 9.18 Å². The summed E-state index contributed by atoms with van der Waals surface area (Å²) in [6.45, 7) is 1.73. The van der Waals surface area contributed by atoms with Crippen LogP contribution in [0.4, 0.5) is 4.39 Å². The molecular formula is C19H16FN5O. The molecule has 6 nitrogen and oxygen atoms in total. The van der Waals surface area contributed by atoms with Gasteiger partial charge in [0.2, 0.25) is 0 Å². The molecule has 0 unspecified atom stereocenters. The molecule has 3 aromatic rings. The van der Waals surface area contributed by atoms with Gasteiger partial charge in [-0.25, -0.2) is 9.18 Å². The second-order valence-corrected chi connectivity index (χ2v) is 5.89. The van der Waals surface area contributed by atoms with Crippen molar-refractivity contribution in [1.82, 2.24) is 20.2 Å². The van der Waals surface area contributed by atoms with Crippen LogP contribution in [0.2, 0.25) is 0 Å². The maximum Gasteiger partial charge on any atom is 0.149 e. The van der Waals surface area contributed by atoms with Crippen molar-refractivity contribution in [2.45, 2.75) is 0 Å². The number of aromatic nitrogens is 3. The largest absolute Gasteiger partial charge is 0.309 e. The molecule has 0 aliphatic carbocycles. The van der Waals surface area contributed by atoms with Gasteiger partial charge in [0.15, 0.2) is 0 Å². The zero-order valence-electron chi connectivity index (χ0n) is 13.9. The van der Waals surface area contributed by atoms with Gasteiger partial charge in [-0.2, -0.15) is 9.89 Å². The van der Waals surface area contributed by atoms with E-state index in [0.29, 0.717) is 18.8 Å². The van der Waals surface area contributed by atoms with Crippen LogP contribution in [0.25, 0.3) is 22.4 Å². The minimum absolute atomic E-state index is 0.305. The number of nitrogens with one attached hydrogen (secondary N) is 1. The Kier molecular flexibility index (Phi) is 4.31. The standard InChI is InChI=1S/C19H16FN5O/c20-16-3-1-15(2-4-16)19-18(14-5-7-21-8-6-14)12-23-25(19)24-10-9-22-11-17(24)13-26/h1-8,12,22H,9-11H2. The lowest BCUT2D eigenvalue weighted by atomic mass is 10.0. The Hall–Kier alpha value is -3.28. The molecule has 0 saturated carbocycles. The van der Waals surface area contributed by atoms with Gasteiger partial charge in [-0.15, -0.1) is 0 Å². The van der Waals surface area contributed by atoms with E-state index in [0.717, 1.165) is 28.9 Å². The van der Waals surface area contributed by atoms with E-state index >= 15 is 0 Å². The molecule has 130 valence electrons. The summed E-state index contributed by atoms with van der Waals surface area (Å²) in [5.74, 6) is 1.68. The van der Waals surface area contributed by atoms with E-state index in [1.54, 1.807) is 40.5 Å². The van der Waals surface area contributed by atoms with Gasteiger partial charge >= 0.3 is 0 Å². The van der Waals surface area contributed by atoms with E-state index in [9.17, 15) is 9.18 Å². The molecule has 0 amide bonds. The monoisotopic (exact) mass is 349 g/mol. The van der Waals surface area contributed by atoms with Crippen molar-refractivity contribution in [3.05, 3.63) is 66.5 Å². The smallest absolute Gasteiger partial charge is 0.149 e. The van der Waals surface area contributed by atoms with Crippen molar-refractivity contribution >= 4 is 5.94 Å². The SMILES string of the molecule is O=C=C1CNCCN1n1ncc(-c2ccncc2)c1-c1ccc(F)cc1. The van der Waals surface area contributed by atoms with E-state index in [2.05, 4.69) is 15.4 Å². The van der Waals surface area contributed by atoms with Crippen LogP contribution in [0.3, 0.4) is 0 Å². The molecule has 1 N–H and O–H groups in total. The summed E-state index contributed by atoms with van der Waals surface area (Å²) in [6, 6.07) is 10.0. The second kappa shape index (κ2) is 6.92. The highest BCUT2D eigenvalue weighted by atomic mass is 19.1. The van der Waals surface area contributed by atoms with Crippen molar-refractivity contribution in [2.75, 3.05) is 24.6 Å². The summed E-state index contributed by atoms with van der Waals surface area (Å²) in [5.41, 5.74) is 3.88. The van der Waals surface area contributed by atoms with Gasteiger partial charge in [-0.1, -0.05) is 0 Å². The Balaban J connectivity index is 1.91. The number of pyridine rings is 1. The number of carbonyl (C=O) groups excluding carboxylic acids is 1. The van der Waals surface area contributed by atoms with E-state index in [1.165, 1.54) is 12.1 Å². The molecule has 1 fully saturated rings. The first kappa shape index (κ1) is 16.2. The van der Waals surface area contributed by atoms with Gasteiger partial charge in [0, 0.05) is 36.6 Å². The van der Waals surface area contributed by atoms with Crippen LogP contribution in [0.1, 0.15) is 0 Å². The molecule has 1 saturated heterocycles. The van der Waals surface area contributed by atoms with Crippen LogP contribution in [0.5, 0.6) is 0 Å². The average molecular weight is 349 g/mol. The molecule has 1 aliphatic rings. The molecule has 0 atom stereocenters. The number of hydrogen-bond donors (Lipinski definition) is 1. The highest BCUT2D eigenvalue weighted by Gasteiger charge is 2.23. The fourth-order valence-electron chi connectivity index (χ4n) is 3.06. The predicted molar refractivity (Wildman–Crippen MR) is 96.0 cm³/mol. The molecule has 0 radical (unpaired) electrons. The third-order valence-electron chi connectivity index (χ3n) is 4.31. The Morgan fingerprint density at radius 3 is 2.58 bits per heavy atom. The highest BCUT2D eigenvalue weighted by Crippen LogP contribution is 2.32. The van der Waals surface area contributed by atoms with Gasteiger partial charge in [-0.05, 0) is 42.0 Å². The number of rotatable bonds is 3. The van der Waals surface area contributed by atoms with E-state index < -0.39 is 0 Å². The van der Waals surface area contributed by atoms with Crippen LogP contribution in [-0.2, 0) is 4.79 Å². The van der Waals surface area contributed by atoms with Crippen LogP contribution in [-0.4, -0.2) is 40.4 Å². The van der Waals surface area contributed by atoms with Gasteiger partial charge in [0.1, 0.15) is 23.1 Å². The molecule has 26 heavy (non-hydrogen) atoms. The minimum atomic E-state index is -0.305. The summed E-state index contributed by atoms with van der Waals surface area (Å²) >= 11 is 0. The average Bonchev–Trinajstić information content (AvgIpc) is 3.14. The third-order valence-corrected chi connectivity index (χ3v) is 4.31. The Bertz CT molecular complexity index is 961. The fraction of sp³-hybridized carbons (Fsp3) is 0.158. The molecule has 4 rings (SSSR count). The molecule has 1 aliphatic heterocycles. The normalized spacial score (nSPS) is 14.3. The lowest BCUT2D eigenvalue weighted by Crippen LogP contribution is -2.48. The summed E-state index contributed by atoms with van der Waals surface area (Å²) < 4.78 is 13.4. The van der Waals surface area contributed by atoms with E-state index in [-0.39, 0.29) is 5.82 Å². The Labute approximate surface area is 149 Å². The quantitative estimate of drug-likeness (QED) is 0.733. The van der Waals surface area contributed by atoms with Gasteiger partial charge in [-0.3, -0.25) is 9.99 Å². The molecule has 0 bridgehead atoms. The number of halogens is 1. The number of benzene rings is 1. The fourth-order valence-corrected chi connectivity index (χ4v) is 3.06. The summed E-state index contributed by atoms with van der Waals surface area (Å²) in [4.78, 5) is 17.1. The summed E-state index contributed by atoms with van der Waals surface area (Å²) in [5, 5.41) is 9.46. The molecule has 2 aromatic heterocycles. The van der Waals surface area contributed by atoms with Gasteiger partial charge in [0.25, 0.3) is 0 Å². The van der Waals surface area contributed by atoms with Crippen molar-refractivity contribution in [2.24, 2.45) is 0 Å². The predicted octanol–water partition coefficient (Wildman–Crippen LogP) is 2.01. The molecule has 0 spiro atoms. The van der Waals surface area contributed by atoms with Gasteiger partial charge in [0.05, 0.1) is 12.7 Å².